The van der Waals surface area contributed by atoms with E-state index in [-0.39, 0.29) is 28.4 Å². The Morgan fingerprint density at radius 1 is 0.733 bits per heavy atom. The van der Waals surface area contributed by atoms with Crippen molar-refractivity contribution < 1.29 is 31.1 Å². The Morgan fingerprint density at radius 3 is 1.96 bits per heavy atom. The van der Waals surface area contributed by atoms with E-state index >= 15 is 17.6 Å². The van der Waals surface area contributed by atoms with Crippen molar-refractivity contribution in [1.82, 2.24) is 0 Å². The standard InChI is InChI=1S/C37H33F6NO/c1-2-3-4-5-23-6-8-25(9-7-23)29-20-34(40)36(35(41)21-29)37(42,43)45-30-15-12-24(13-16-30)26-14-17-31(33(39)18-26)27-10-11-28(22-44)32(38)19-27/h10-21,23,25H,2-9H2,1H3. The highest BCUT2D eigenvalue weighted by atomic mass is 19.3. The normalized spacial score (nSPS) is 16.8. The summed E-state index contributed by atoms with van der Waals surface area (Å²) in [6.07, 6.45) is 3.86. The van der Waals surface area contributed by atoms with Gasteiger partial charge in [0, 0.05) is 5.56 Å². The molecule has 1 saturated carbocycles. The molecule has 234 valence electrons. The summed E-state index contributed by atoms with van der Waals surface area (Å²) in [6, 6.07) is 16.9. The Kier molecular flexibility index (Phi) is 9.86. The van der Waals surface area contributed by atoms with Gasteiger partial charge in [-0.3, -0.25) is 0 Å². The molecular formula is C37H33F6NO. The van der Waals surface area contributed by atoms with Crippen LogP contribution in [0, 0.1) is 40.5 Å². The zero-order chi connectivity index (χ0) is 32.1. The number of alkyl halides is 2. The van der Waals surface area contributed by atoms with Crippen molar-refractivity contribution in [2.75, 3.05) is 0 Å². The molecule has 0 amide bonds. The molecule has 0 atom stereocenters. The number of hydrogen-bond acceptors (Lipinski definition) is 2. The average molecular weight is 622 g/mol. The third kappa shape index (κ3) is 7.36. The van der Waals surface area contributed by atoms with Crippen LogP contribution < -0.4 is 4.74 Å². The summed E-state index contributed by atoms with van der Waals surface area (Å²) < 4.78 is 94.0. The van der Waals surface area contributed by atoms with Gasteiger partial charge in [0.15, 0.2) is 0 Å². The second-order valence-corrected chi connectivity index (χ2v) is 11.7. The van der Waals surface area contributed by atoms with E-state index in [1.807, 2.05) is 0 Å². The fourth-order valence-electron chi connectivity index (χ4n) is 6.19. The minimum Gasteiger partial charge on any atom is -0.429 e. The van der Waals surface area contributed by atoms with Crippen molar-refractivity contribution in [3.63, 3.8) is 0 Å². The molecule has 0 saturated heterocycles. The van der Waals surface area contributed by atoms with Gasteiger partial charge in [0.2, 0.25) is 0 Å². The number of nitrogens with zero attached hydrogens (tertiary/aromatic N) is 1. The SMILES string of the molecule is CCCCCC1CCC(c2cc(F)c(C(F)(F)Oc3ccc(-c4ccc(-c5ccc(C#N)c(F)c5)c(F)c4)cc3)c(F)c2)CC1. The molecule has 1 aliphatic rings. The van der Waals surface area contributed by atoms with E-state index in [1.165, 1.54) is 61.4 Å². The first-order valence-electron chi connectivity index (χ1n) is 15.3. The quantitative estimate of drug-likeness (QED) is 0.130. The molecular weight excluding hydrogens is 588 g/mol. The number of unbranched alkanes of at least 4 members (excludes halogenated alkanes) is 2. The molecule has 0 radical (unpaired) electrons. The average Bonchev–Trinajstić information content (AvgIpc) is 3.01. The Bertz CT molecular complexity index is 1660. The van der Waals surface area contributed by atoms with Crippen molar-refractivity contribution in [1.29, 1.82) is 5.26 Å². The van der Waals surface area contributed by atoms with Gasteiger partial charge in [0.1, 0.15) is 40.7 Å². The van der Waals surface area contributed by atoms with Crippen LogP contribution in [-0.2, 0) is 6.11 Å². The summed E-state index contributed by atoms with van der Waals surface area (Å²) in [5, 5.41) is 8.90. The molecule has 4 aromatic rings. The van der Waals surface area contributed by atoms with Gasteiger partial charge in [-0.25, -0.2) is 17.6 Å². The summed E-state index contributed by atoms with van der Waals surface area (Å²) in [6.45, 7) is 2.16. The summed E-state index contributed by atoms with van der Waals surface area (Å²) in [5.41, 5.74) is 0.0297. The molecule has 4 aromatic carbocycles. The molecule has 0 bridgehead atoms. The summed E-state index contributed by atoms with van der Waals surface area (Å²) in [7, 11) is 0. The molecule has 0 aromatic heterocycles. The summed E-state index contributed by atoms with van der Waals surface area (Å²) >= 11 is 0. The third-order valence-corrected chi connectivity index (χ3v) is 8.69. The highest BCUT2D eigenvalue weighted by molar-refractivity contribution is 5.71. The van der Waals surface area contributed by atoms with Crippen molar-refractivity contribution in [2.45, 2.75) is 70.3 Å². The van der Waals surface area contributed by atoms with Crippen LogP contribution in [0.3, 0.4) is 0 Å². The van der Waals surface area contributed by atoms with Crippen LogP contribution in [0.1, 0.15) is 80.9 Å². The molecule has 45 heavy (non-hydrogen) atoms. The lowest BCUT2D eigenvalue weighted by atomic mass is 9.77. The molecule has 1 fully saturated rings. The van der Waals surface area contributed by atoms with E-state index in [0.29, 0.717) is 22.6 Å². The van der Waals surface area contributed by atoms with Gasteiger partial charge in [-0.1, -0.05) is 62.9 Å². The van der Waals surface area contributed by atoms with Crippen LogP contribution in [-0.4, -0.2) is 0 Å². The van der Waals surface area contributed by atoms with E-state index in [2.05, 4.69) is 6.92 Å². The maximum atomic E-state index is 15.1. The molecule has 1 aliphatic carbocycles. The minimum atomic E-state index is -4.28. The largest absolute Gasteiger partial charge is 0.432 e. The van der Waals surface area contributed by atoms with E-state index in [9.17, 15) is 8.78 Å². The number of benzene rings is 4. The van der Waals surface area contributed by atoms with E-state index in [4.69, 9.17) is 10.00 Å². The molecule has 8 heteroatoms. The van der Waals surface area contributed by atoms with Crippen LogP contribution >= 0.6 is 0 Å². The van der Waals surface area contributed by atoms with Crippen molar-refractivity contribution in [3.05, 3.63) is 113 Å². The van der Waals surface area contributed by atoms with E-state index in [0.717, 1.165) is 56.7 Å². The van der Waals surface area contributed by atoms with Crippen LogP contribution in [0.2, 0.25) is 0 Å². The van der Waals surface area contributed by atoms with Gasteiger partial charge in [-0.2, -0.15) is 14.0 Å². The maximum Gasteiger partial charge on any atom is 0.432 e. The number of ether oxygens (including phenoxy) is 1. The highest BCUT2D eigenvalue weighted by Crippen LogP contribution is 2.41. The Labute approximate surface area is 259 Å². The van der Waals surface area contributed by atoms with Crippen molar-refractivity contribution >= 4 is 0 Å². The van der Waals surface area contributed by atoms with Gasteiger partial charge >= 0.3 is 6.11 Å². The summed E-state index contributed by atoms with van der Waals surface area (Å²) in [4.78, 5) is 0. The van der Waals surface area contributed by atoms with Crippen LogP contribution in [0.25, 0.3) is 22.3 Å². The zero-order valence-electron chi connectivity index (χ0n) is 24.9. The molecule has 0 aliphatic heterocycles. The predicted octanol–water partition coefficient (Wildman–Crippen LogP) is 11.4. The number of nitriles is 1. The van der Waals surface area contributed by atoms with E-state index < -0.39 is 34.9 Å². The predicted molar refractivity (Wildman–Crippen MR) is 162 cm³/mol. The second-order valence-electron chi connectivity index (χ2n) is 11.7. The smallest absolute Gasteiger partial charge is 0.429 e. The lowest BCUT2D eigenvalue weighted by Gasteiger charge is -2.29. The minimum absolute atomic E-state index is 0.0725. The van der Waals surface area contributed by atoms with Crippen molar-refractivity contribution in [3.8, 4) is 34.1 Å². The Balaban J connectivity index is 1.26. The van der Waals surface area contributed by atoms with Gasteiger partial charge in [-0.15, -0.1) is 0 Å². The topological polar surface area (TPSA) is 33.0 Å². The lowest BCUT2D eigenvalue weighted by molar-refractivity contribution is -0.189. The highest BCUT2D eigenvalue weighted by Gasteiger charge is 2.41. The fourth-order valence-corrected chi connectivity index (χ4v) is 6.19. The Hall–Kier alpha value is -4.25. The molecule has 0 N–H and O–H groups in total. The van der Waals surface area contributed by atoms with Crippen LogP contribution in [0.4, 0.5) is 26.3 Å². The zero-order valence-corrected chi connectivity index (χ0v) is 24.9. The number of hydrogen-bond donors (Lipinski definition) is 0. The molecule has 0 heterocycles. The van der Waals surface area contributed by atoms with Crippen molar-refractivity contribution in [2.24, 2.45) is 5.92 Å². The van der Waals surface area contributed by atoms with Crippen LogP contribution in [0.15, 0.2) is 72.8 Å². The molecule has 0 spiro atoms. The first-order chi connectivity index (χ1) is 21.6. The Morgan fingerprint density at radius 2 is 1.36 bits per heavy atom. The van der Waals surface area contributed by atoms with Crippen LogP contribution in [0.5, 0.6) is 5.75 Å². The second kappa shape index (κ2) is 13.8. The molecule has 2 nitrogen and oxygen atoms in total. The summed E-state index contributed by atoms with van der Waals surface area (Å²) in [5.74, 6) is -3.93. The first-order valence-corrected chi connectivity index (χ1v) is 15.3. The third-order valence-electron chi connectivity index (χ3n) is 8.69. The first kappa shape index (κ1) is 32.2. The number of rotatable bonds is 10. The van der Waals surface area contributed by atoms with Gasteiger partial charge in [-0.05, 0) is 102 Å². The van der Waals surface area contributed by atoms with Gasteiger partial charge in [0.25, 0.3) is 0 Å². The molecule has 5 rings (SSSR count). The van der Waals surface area contributed by atoms with E-state index in [1.54, 1.807) is 12.1 Å². The van der Waals surface area contributed by atoms with Gasteiger partial charge < -0.3 is 4.74 Å². The lowest BCUT2D eigenvalue weighted by Crippen LogP contribution is -2.25. The number of halogens is 6. The molecule has 0 unspecified atom stereocenters. The maximum absolute atomic E-state index is 15.1. The monoisotopic (exact) mass is 621 g/mol. The van der Waals surface area contributed by atoms with Gasteiger partial charge in [0.05, 0.1) is 5.56 Å². The fraction of sp³-hybridized carbons (Fsp3) is 0.324.